The van der Waals surface area contributed by atoms with Crippen LogP contribution in [0.15, 0.2) is 53.3 Å². The summed E-state index contributed by atoms with van der Waals surface area (Å²) in [5.41, 5.74) is 0.264. The van der Waals surface area contributed by atoms with Crippen molar-refractivity contribution in [1.82, 2.24) is 15.5 Å². The number of fused-ring (bicyclic) bond motifs is 2. The zero-order chi connectivity index (χ0) is 17.9. The molecule has 0 bridgehead atoms. The maximum atomic E-state index is 12.3. The minimum Gasteiger partial charge on any atom is -0.486 e. The lowest BCUT2D eigenvalue weighted by atomic mass is 10.1. The number of H-pyrrole nitrogens is 1. The molecule has 1 amide bonds. The van der Waals surface area contributed by atoms with Gasteiger partial charge in [-0.05, 0) is 18.2 Å². The number of hydrogen-bond acceptors (Lipinski definition) is 5. The van der Waals surface area contributed by atoms with Crippen LogP contribution in [0, 0.1) is 0 Å². The van der Waals surface area contributed by atoms with Gasteiger partial charge in [0.25, 0.3) is 5.56 Å². The molecule has 1 atom stereocenters. The molecule has 2 N–H and O–H groups in total. The molecule has 7 nitrogen and oxygen atoms in total. The Morgan fingerprint density at radius 1 is 1.12 bits per heavy atom. The fourth-order valence-corrected chi connectivity index (χ4v) is 2.91. The summed E-state index contributed by atoms with van der Waals surface area (Å²) in [6.45, 7) is 0.700. The molecule has 132 valence electrons. The van der Waals surface area contributed by atoms with Gasteiger partial charge in [-0.2, -0.15) is 5.10 Å². The summed E-state index contributed by atoms with van der Waals surface area (Å²) in [4.78, 5) is 24.1. The fourth-order valence-electron chi connectivity index (χ4n) is 2.91. The minimum absolute atomic E-state index is 0.0709. The van der Waals surface area contributed by atoms with Gasteiger partial charge in [0.05, 0.1) is 24.0 Å². The molecule has 26 heavy (non-hydrogen) atoms. The van der Waals surface area contributed by atoms with Gasteiger partial charge in [0.15, 0.2) is 11.5 Å². The van der Waals surface area contributed by atoms with E-state index in [2.05, 4.69) is 15.5 Å². The van der Waals surface area contributed by atoms with E-state index in [1.807, 2.05) is 30.3 Å². The van der Waals surface area contributed by atoms with Crippen molar-refractivity contribution in [2.45, 2.75) is 12.5 Å². The van der Waals surface area contributed by atoms with Crippen LogP contribution < -0.4 is 20.3 Å². The fraction of sp³-hybridized carbons (Fsp3) is 0.211. The van der Waals surface area contributed by atoms with Crippen molar-refractivity contribution in [2.24, 2.45) is 0 Å². The Morgan fingerprint density at radius 3 is 2.69 bits per heavy atom. The number of aromatic amines is 1. The number of nitrogens with zero attached hydrogens (tertiary/aromatic N) is 1. The lowest BCUT2D eigenvalue weighted by Gasteiger charge is -2.26. The molecule has 0 aliphatic carbocycles. The van der Waals surface area contributed by atoms with Gasteiger partial charge < -0.3 is 14.8 Å². The maximum absolute atomic E-state index is 12.3. The lowest BCUT2D eigenvalue weighted by Crippen LogP contribution is -2.41. The Bertz CT molecular complexity index is 1010. The summed E-state index contributed by atoms with van der Waals surface area (Å²) in [6, 6.07) is 14.5. The van der Waals surface area contributed by atoms with Crippen molar-refractivity contribution in [1.29, 1.82) is 0 Å². The van der Waals surface area contributed by atoms with Gasteiger partial charge in [0.1, 0.15) is 12.7 Å². The second-order valence-corrected chi connectivity index (χ2v) is 6.02. The van der Waals surface area contributed by atoms with E-state index in [4.69, 9.17) is 9.47 Å². The van der Waals surface area contributed by atoms with Crippen LogP contribution in [0.5, 0.6) is 11.5 Å². The van der Waals surface area contributed by atoms with E-state index < -0.39 is 0 Å². The molecule has 0 fully saturated rings. The van der Waals surface area contributed by atoms with Crippen LogP contribution in [0.4, 0.5) is 0 Å². The van der Waals surface area contributed by atoms with E-state index in [0.717, 1.165) is 0 Å². The number of nitrogens with one attached hydrogen (secondary N) is 2. The highest BCUT2D eigenvalue weighted by Crippen LogP contribution is 2.30. The molecule has 0 radical (unpaired) electrons. The normalized spacial score (nSPS) is 15.6. The van der Waals surface area contributed by atoms with Crippen LogP contribution in [0.3, 0.4) is 0 Å². The monoisotopic (exact) mass is 351 g/mol. The van der Waals surface area contributed by atoms with Crippen LogP contribution in [0.25, 0.3) is 10.8 Å². The highest BCUT2D eigenvalue weighted by molar-refractivity contribution is 5.88. The molecule has 3 aromatic rings. The summed E-state index contributed by atoms with van der Waals surface area (Å²) < 4.78 is 11.4. The van der Waals surface area contributed by atoms with Crippen LogP contribution in [0.2, 0.25) is 0 Å². The Hall–Kier alpha value is -3.35. The van der Waals surface area contributed by atoms with Crippen molar-refractivity contribution in [3.63, 3.8) is 0 Å². The largest absolute Gasteiger partial charge is 0.486 e. The van der Waals surface area contributed by atoms with E-state index in [0.29, 0.717) is 41.1 Å². The van der Waals surface area contributed by atoms with Crippen molar-refractivity contribution < 1.29 is 14.3 Å². The SMILES string of the molecule is O=C(Cc1n[nH]c(=O)c2ccccc12)NC[C@H]1COc2ccccc2O1. The van der Waals surface area contributed by atoms with E-state index in [1.54, 1.807) is 18.2 Å². The van der Waals surface area contributed by atoms with Gasteiger partial charge in [-0.25, -0.2) is 5.10 Å². The van der Waals surface area contributed by atoms with Gasteiger partial charge in [-0.1, -0.05) is 30.3 Å². The quantitative estimate of drug-likeness (QED) is 0.742. The van der Waals surface area contributed by atoms with Crippen molar-refractivity contribution in [3.05, 3.63) is 64.6 Å². The number of hydrogen-bond donors (Lipinski definition) is 2. The number of aromatic nitrogens is 2. The van der Waals surface area contributed by atoms with E-state index in [-0.39, 0.29) is 24.0 Å². The number of carbonyl (C=O) groups is 1. The average molecular weight is 351 g/mol. The molecule has 2 aromatic carbocycles. The molecule has 1 aliphatic heterocycles. The molecule has 0 spiro atoms. The highest BCUT2D eigenvalue weighted by Gasteiger charge is 2.21. The van der Waals surface area contributed by atoms with Gasteiger partial charge in [-0.15, -0.1) is 0 Å². The van der Waals surface area contributed by atoms with Crippen LogP contribution in [-0.2, 0) is 11.2 Å². The van der Waals surface area contributed by atoms with Gasteiger partial charge >= 0.3 is 0 Å². The van der Waals surface area contributed by atoms with Crippen molar-refractivity contribution >= 4 is 16.7 Å². The molecular formula is C19H17N3O4. The molecule has 0 saturated heterocycles. The van der Waals surface area contributed by atoms with Crippen LogP contribution in [0.1, 0.15) is 5.69 Å². The number of benzene rings is 2. The third-order valence-corrected chi connectivity index (χ3v) is 4.20. The highest BCUT2D eigenvalue weighted by atomic mass is 16.6. The first-order valence-electron chi connectivity index (χ1n) is 8.32. The molecule has 1 aliphatic rings. The minimum atomic E-state index is -0.267. The number of carbonyl (C=O) groups excluding carboxylic acids is 1. The topological polar surface area (TPSA) is 93.3 Å². The predicted molar refractivity (Wildman–Crippen MR) is 95.4 cm³/mol. The molecule has 7 heteroatoms. The third kappa shape index (κ3) is 3.23. The third-order valence-electron chi connectivity index (χ3n) is 4.20. The maximum Gasteiger partial charge on any atom is 0.272 e. The number of rotatable bonds is 4. The lowest BCUT2D eigenvalue weighted by molar-refractivity contribution is -0.121. The Morgan fingerprint density at radius 2 is 1.85 bits per heavy atom. The first-order valence-corrected chi connectivity index (χ1v) is 8.32. The zero-order valence-electron chi connectivity index (χ0n) is 13.9. The number of para-hydroxylation sites is 2. The Labute approximate surface area is 148 Å². The first kappa shape index (κ1) is 16.1. The van der Waals surface area contributed by atoms with E-state index >= 15 is 0 Å². The second kappa shape index (κ2) is 6.87. The average Bonchev–Trinajstić information content (AvgIpc) is 2.68. The predicted octanol–water partition coefficient (Wildman–Crippen LogP) is 1.42. The van der Waals surface area contributed by atoms with Crippen molar-refractivity contribution in [3.8, 4) is 11.5 Å². The molecule has 2 heterocycles. The molecule has 1 aromatic heterocycles. The molecule has 0 unspecified atom stereocenters. The summed E-state index contributed by atoms with van der Waals surface area (Å²) in [7, 11) is 0. The molecular weight excluding hydrogens is 334 g/mol. The smallest absolute Gasteiger partial charge is 0.272 e. The second-order valence-electron chi connectivity index (χ2n) is 6.02. The van der Waals surface area contributed by atoms with Gasteiger partial charge in [-0.3, -0.25) is 9.59 Å². The molecule has 0 saturated carbocycles. The summed E-state index contributed by atoms with van der Waals surface area (Å²) in [6.07, 6.45) is -0.185. The van der Waals surface area contributed by atoms with Gasteiger partial charge in [0, 0.05) is 5.39 Å². The zero-order valence-corrected chi connectivity index (χ0v) is 13.9. The Balaban J connectivity index is 1.40. The van der Waals surface area contributed by atoms with E-state index in [1.165, 1.54) is 0 Å². The van der Waals surface area contributed by atoms with E-state index in [9.17, 15) is 9.59 Å². The Kier molecular flexibility index (Phi) is 4.27. The molecule has 4 rings (SSSR count). The summed E-state index contributed by atoms with van der Waals surface area (Å²) in [5.74, 6) is 1.18. The van der Waals surface area contributed by atoms with Crippen molar-refractivity contribution in [2.75, 3.05) is 13.2 Å². The van der Waals surface area contributed by atoms with Crippen LogP contribution >= 0.6 is 0 Å². The standard InChI is InChI=1S/C19H17N3O4/c23-18(9-15-13-5-1-2-6-14(13)19(24)22-21-15)20-10-12-11-25-16-7-3-4-8-17(16)26-12/h1-8,12H,9-11H2,(H,20,23)(H,22,24)/t12-/m0/s1. The van der Waals surface area contributed by atoms with Crippen LogP contribution in [-0.4, -0.2) is 35.4 Å². The number of ether oxygens (including phenoxy) is 2. The first-order chi connectivity index (χ1) is 12.7. The summed E-state index contributed by atoms with van der Waals surface area (Å²) >= 11 is 0. The number of amides is 1. The van der Waals surface area contributed by atoms with Gasteiger partial charge in [0.2, 0.25) is 5.91 Å². The summed E-state index contributed by atoms with van der Waals surface area (Å²) in [5, 5.41) is 10.5.